The summed E-state index contributed by atoms with van der Waals surface area (Å²) in [6.45, 7) is 7.54. The van der Waals surface area contributed by atoms with Crippen LogP contribution in [0.25, 0.3) is 0 Å². The molecule has 0 aliphatic heterocycles. The number of phenols is 3. The third-order valence-corrected chi connectivity index (χ3v) is 5.43. The molecule has 4 aromatic carbocycles. The third kappa shape index (κ3) is 4.72. The van der Waals surface area contributed by atoms with E-state index < -0.39 is 0 Å². The second-order valence-corrected chi connectivity index (χ2v) is 8.36. The Morgan fingerprint density at radius 3 is 1.76 bits per heavy atom. The van der Waals surface area contributed by atoms with Gasteiger partial charge in [-0.05, 0) is 98.5 Å². The second kappa shape index (κ2) is 8.79. The van der Waals surface area contributed by atoms with Crippen LogP contribution in [0.15, 0.2) is 72.8 Å². The molecule has 0 bridgehead atoms. The van der Waals surface area contributed by atoms with Gasteiger partial charge in [-0.2, -0.15) is 0 Å². The molecular formula is C28H27NO4. The summed E-state index contributed by atoms with van der Waals surface area (Å²) in [4.78, 5) is 1.94. The molecule has 0 unspecified atom stereocenters. The van der Waals surface area contributed by atoms with Crippen molar-refractivity contribution in [3.8, 4) is 28.7 Å². The maximum atomic E-state index is 10.3. The highest BCUT2D eigenvalue weighted by Gasteiger charge is 2.20. The smallest absolute Gasteiger partial charge is 0.151 e. The van der Waals surface area contributed by atoms with E-state index in [9.17, 15) is 15.3 Å². The Balaban J connectivity index is 1.91. The Hall–Kier alpha value is -4.12. The van der Waals surface area contributed by atoms with Crippen LogP contribution in [0.2, 0.25) is 0 Å². The first-order chi connectivity index (χ1) is 15.7. The van der Waals surface area contributed by atoms with Gasteiger partial charge in [-0.25, -0.2) is 0 Å². The standard InChI is InChI=1S/C28H27NO4/c1-17-9-21(15-23(30)11-17)29(22-10-18(2)12-24(31)16-22)25-7-5-6-8-27(25)33-28-14-19(3)26(32)13-20(28)4/h5-16,30-32H,1-4H3. The summed E-state index contributed by atoms with van der Waals surface area (Å²) in [5.74, 6) is 1.75. The first-order valence-electron chi connectivity index (χ1n) is 10.7. The zero-order valence-corrected chi connectivity index (χ0v) is 19.1. The molecule has 0 atom stereocenters. The lowest BCUT2D eigenvalue weighted by Crippen LogP contribution is -2.11. The molecule has 0 radical (unpaired) electrons. The zero-order chi connectivity index (χ0) is 23.7. The van der Waals surface area contributed by atoms with E-state index >= 15 is 0 Å². The van der Waals surface area contributed by atoms with Crippen LogP contribution in [0.5, 0.6) is 28.7 Å². The van der Waals surface area contributed by atoms with Gasteiger partial charge in [0, 0.05) is 12.1 Å². The molecule has 0 aromatic heterocycles. The number of aromatic hydroxyl groups is 3. The molecule has 4 rings (SSSR count). The molecule has 0 saturated heterocycles. The molecule has 0 aliphatic carbocycles. The van der Waals surface area contributed by atoms with Crippen molar-refractivity contribution in [2.75, 3.05) is 4.90 Å². The number of para-hydroxylation sites is 2. The van der Waals surface area contributed by atoms with E-state index in [1.165, 1.54) is 0 Å². The van der Waals surface area contributed by atoms with E-state index in [1.54, 1.807) is 30.3 Å². The normalized spacial score (nSPS) is 10.8. The summed E-state index contributed by atoms with van der Waals surface area (Å²) < 4.78 is 6.34. The number of anilines is 3. The third-order valence-electron chi connectivity index (χ3n) is 5.43. The lowest BCUT2D eigenvalue weighted by molar-refractivity contribution is 0.458. The van der Waals surface area contributed by atoms with Crippen LogP contribution < -0.4 is 9.64 Å². The Labute approximate surface area is 193 Å². The topological polar surface area (TPSA) is 73.2 Å². The highest BCUT2D eigenvalue weighted by molar-refractivity contribution is 5.82. The van der Waals surface area contributed by atoms with Crippen molar-refractivity contribution in [1.29, 1.82) is 0 Å². The fourth-order valence-electron chi connectivity index (χ4n) is 3.90. The van der Waals surface area contributed by atoms with E-state index in [0.29, 0.717) is 11.5 Å². The van der Waals surface area contributed by atoms with Gasteiger partial charge in [0.15, 0.2) is 5.75 Å². The largest absolute Gasteiger partial charge is 0.508 e. The molecule has 5 nitrogen and oxygen atoms in total. The molecule has 4 aromatic rings. The minimum Gasteiger partial charge on any atom is -0.508 e. The Bertz CT molecular complexity index is 1240. The lowest BCUT2D eigenvalue weighted by Gasteiger charge is -2.28. The predicted octanol–water partition coefficient (Wildman–Crippen LogP) is 7.30. The van der Waals surface area contributed by atoms with E-state index in [2.05, 4.69) is 0 Å². The van der Waals surface area contributed by atoms with Crippen LogP contribution >= 0.6 is 0 Å². The maximum absolute atomic E-state index is 10.3. The maximum Gasteiger partial charge on any atom is 0.151 e. The summed E-state index contributed by atoms with van der Waals surface area (Å²) in [6.07, 6.45) is 0. The number of hydrogen-bond donors (Lipinski definition) is 3. The summed E-state index contributed by atoms with van der Waals surface area (Å²) in [7, 11) is 0. The van der Waals surface area contributed by atoms with Crippen LogP contribution in [-0.2, 0) is 0 Å². The van der Waals surface area contributed by atoms with Crippen molar-refractivity contribution in [3.05, 3.63) is 95.1 Å². The molecule has 0 spiro atoms. The number of aryl methyl sites for hydroxylation is 4. The fraction of sp³-hybridized carbons (Fsp3) is 0.143. The summed E-state index contributed by atoms with van der Waals surface area (Å²) >= 11 is 0. The van der Waals surface area contributed by atoms with Gasteiger partial charge in [0.05, 0.1) is 17.1 Å². The lowest BCUT2D eigenvalue weighted by atomic mass is 10.1. The SMILES string of the molecule is Cc1cc(O)cc(N(c2cc(C)cc(O)c2)c2ccccc2Oc2cc(C)c(O)cc2C)c1. The number of hydrogen-bond acceptors (Lipinski definition) is 5. The molecule has 33 heavy (non-hydrogen) atoms. The van der Waals surface area contributed by atoms with Gasteiger partial charge in [-0.15, -0.1) is 0 Å². The van der Waals surface area contributed by atoms with Gasteiger partial charge in [0.1, 0.15) is 23.0 Å². The van der Waals surface area contributed by atoms with E-state index in [4.69, 9.17) is 4.74 Å². The highest BCUT2D eigenvalue weighted by Crippen LogP contribution is 2.44. The fourth-order valence-corrected chi connectivity index (χ4v) is 3.90. The predicted molar refractivity (Wildman–Crippen MR) is 132 cm³/mol. The van der Waals surface area contributed by atoms with E-state index in [0.717, 1.165) is 39.3 Å². The number of phenolic OH excluding ortho intramolecular Hbond substituents is 3. The van der Waals surface area contributed by atoms with Crippen molar-refractivity contribution in [1.82, 2.24) is 0 Å². The monoisotopic (exact) mass is 441 g/mol. The first kappa shape index (κ1) is 22.1. The van der Waals surface area contributed by atoms with Gasteiger partial charge in [-0.1, -0.05) is 12.1 Å². The molecule has 0 heterocycles. The van der Waals surface area contributed by atoms with E-state index in [1.807, 2.05) is 75.1 Å². The van der Waals surface area contributed by atoms with Gasteiger partial charge < -0.3 is 25.0 Å². The summed E-state index contributed by atoms with van der Waals surface area (Å²) in [6, 6.07) is 21.8. The van der Waals surface area contributed by atoms with Crippen LogP contribution in [0.1, 0.15) is 22.3 Å². The molecule has 3 N–H and O–H groups in total. The van der Waals surface area contributed by atoms with Crippen molar-refractivity contribution in [2.45, 2.75) is 27.7 Å². The van der Waals surface area contributed by atoms with Gasteiger partial charge >= 0.3 is 0 Å². The zero-order valence-electron chi connectivity index (χ0n) is 19.1. The van der Waals surface area contributed by atoms with Crippen molar-refractivity contribution >= 4 is 17.1 Å². The Morgan fingerprint density at radius 2 is 1.18 bits per heavy atom. The van der Waals surface area contributed by atoms with Crippen LogP contribution in [0.3, 0.4) is 0 Å². The Morgan fingerprint density at radius 1 is 0.606 bits per heavy atom. The number of nitrogens with zero attached hydrogens (tertiary/aromatic N) is 1. The molecule has 0 amide bonds. The van der Waals surface area contributed by atoms with Gasteiger partial charge in [0.25, 0.3) is 0 Å². The molecule has 0 aliphatic rings. The van der Waals surface area contributed by atoms with Gasteiger partial charge in [-0.3, -0.25) is 0 Å². The van der Waals surface area contributed by atoms with Crippen LogP contribution in [-0.4, -0.2) is 15.3 Å². The Kier molecular flexibility index (Phi) is 5.88. The quantitative estimate of drug-likeness (QED) is 0.303. The molecular weight excluding hydrogens is 414 g/mol. The van der Waals surface area contributed by atoms with Crippen LogP contribution in [0.4, 0.5) is 17.1 Å². The minimum atomic E-state index is 0.148. The summed E-state index contributed by atoms with van der Waals surface area (Å²) in [5.41, 5.74) is 5.51. The molecule has 168 valence electrons. The summed E-state index contributed by atoms with van der Waals surface area (Å²) in [5, 5.41) is 30.6. The number of ether oxygens (including phenoxy) is 1. The average molecular weight is 442 g/mol. The highest BCUT2D eigenvalue weighted by atomic mass is 16.5. The van der Waals surface area contributed by atoms with Crippen molar-refractivity contribution < 1.29 is 20.1 Å². The second-order valence-electron chi connectivity index (χ2n) is 8.36. The number of benzene rings is 4. The van der Waals surface area contributed by atoms with Crippen molar-refractivity contribution in [2.24, 2.45) is 0 Å². The van der Waals surface area contributed by atoms with Gasteiger partial charge in [0.2, 0.25) is 0 Å². The van der Waals surface area contributed by atoms with Crippen LogP contribution in [0, 0.1) is 27.7 Å². The molecule has 5 heteroatoms. The molecule has 0 fully saturated rings. The van der Waals surface area contributed by atoms with E-state index in [-0.39, 0.29) is 17.2 Å². The average Bonchev–Trinajstić information content (AvgIpc) is 2.72. The van der Waals surface area contributed by atoms with Crippen molar-refractivity contribution in [3.63, 3.8) is 0 Å². The number of rotatable bonds is 5. The first-order valence-corrected chi connectivity index (χ1v) is 10.7. The molecule has 0 saturated carbocycles. The minimum absolute atomic E-state index is 0.148.